The number of aromatic nitrogens is 1. The molecule has 1 aromatic heterocycles. The van der Waals surface area contributed by atoms with Gasteiger partial charge in [-0.3, -0.25) is 4.79 Å². The van der Waals surface area contributed by atoms with E-state index in [1.807, 2.05) is 30.3 Å². The van der Waals surface area contributed by atoms with Crippen molar-refractivity contribution in [3.8, 4) is 0 Å². The Bertz CT molecular complexity index is 760. The maximum Gasteiger partial charge on any atom is 0.251 e. The van der Waals surface area contributed by atoms with Crippen LogP contribution >= 0.6 is 23.4 Å². The minimum Gasteiger partial charge on any atom is -0.348 e. The molecule has 3 aliphatic heterocycles. The van der Waals surface area contributed by atoms with Gasteiger partial charge in [-0.2, -0.15) is 0 Å². The molecular formula is C19H20ClN3OS. The van der Waals surface area contributed by atoms with E-state index in [1.165, 1.54) is 37.7 Å². The summed E-state index contributed by atoms with van der Waals surface area (Å²) in [5.41, 5.74) is 0.708. The molecule has 1 atom stereocenters. The summed E-state index contributed by atoms with van der Waals surface area (Å²) < 4.78 is 0. The van der Waals surface area contributed by atoms with E-state index in [0.717, 1.165) is 16.5 Å². The molecular weight excluding hydrogens is 354 g/mol. The van der Waals surface area contributed by atoms with Crippen molar-refractivity contribution in [2.75, 3.05) is 19.6 Å². The van der Waals surface area contributed by atoms with Gasteiger partial charge in [0, 0.05) is 34.3 Å². The topological polar surface area (TPSA) is 45.2 Å². The lowest BCUT2D eigenvalue weighted by Gasteiger charge is -2.44. The molecule has 3 fully saturated rings. The number of hydrogen-bond donors (Lipinski definition) is 1. The summed E-state index contributed by atoms with van der Waals surface area (Å²) in [5.74, 6) is 0.661. The SMILES string of the molecule is O=C(NC1CN2CCC1CC2)c1ccc(Sc2cc(Cl)ccn2)cc1. The number of amides is 1. The van der Waals surface area contributed by atoms with Crippen molar-refractivity contribution in [1.82, 2.24) is 15.2 Å². The van der Waals surface area contributed by atoms with Crippen LogP contribution in [0.3, 0.4) is 0 Å². The molecule has 0 aliphatic carbocycles. The average molecular weight is 374 g/mol. The van der Waals surface area contributed by atoms with E-state index >= 15 is 0 Å². The van der Waals surface area contributed by atoms with Gasteiger partial charge in [0.15, 0.2) is 0 Å². The fraction of sp³-hybridized carbons (Fsp3) is 0.368. The molecule has 1 aromatic carbocycles. The lowest BCUT2D eigenvalue weighted by Crippen LogP contribution is -2.57. The van der Waals surface area contributed by atoms with Crippen molar-refractivity contribution in [2.24, 2.45) is 5.92 Å². The predicted octanol–water partition coefficient (Wildman–Crippen LogP) is 3.71. The standard InChI is InChI=1S/C19H20ClN3OS/c20-15-5-8-21-18(11-15)25-16-3-1-14(2-4-16)19(24)22-17-12-23-9-6-13(17)7-10-23/h1-5,8,11,13,17H,6-7,9-10,12H2,(H,22,24). The van der Waals surface area contributed by atoms with Crippen LogP contribution in [0.4, 0.5) is 0 Å². The molecule has 4 nitrogen and oxygen atoms in total. The Kier molecular flexibility index (Phi) is 4.97. The third-order valence-electron chi connectivity index (χ3n) is 5.01. The number of nitrogens with zero attached hydrogens (tertiary/aromatic N) is 2. The lowest BCUT2D eigenvalue weighted by atomic mass is 9.84. The second kappa shape index (κ2) is 7.36. The first-order valence-corrected chi connectivity index (χ1v) is 9.79. The van der Waals surface area contributed by atoms with Crippen LogP contribution in [0.2, 0.25) is 5.02 Å². The maximum absolute atomic E-state index is 12.5. The Morgan fingerprint density at radius 2 is 1.96 bits per heavy atom. The molecule has 130 valence electrons. The van der Waals surface area contributed by atoms with Gasteiger partial charge < -0.3 is 10.2 Å². The van der Waals surface area contributed by atoms with Crippen LogP contribution in [0.1, 0.15) is 23.2 Å². The molecule has 5 rings (SSSR count). The lowest BCUT2D eigenvalue weighted by molar-refractivity contribution is 0.0620. The van der Waals surface area contributed by atoms with E-state index in [2.05, 4.69) is 15.2 Å². The number of pyridine rings is 1. The Labute approximate surface area is 157 Å². The van der Waals surface area contributed by atoms with E-state index in [-0.39, 0.29) is 5.91 Å². The first kappa shape index (κ1) is 16.9. The molecule has 3 saturated heterocycles. The third-order valence-corrected chi connectivity index (χ3v) is 6.18. The summed E-state index contributed by atoms with van der Waals surface area (Å²) in [6.45, 7) is 3.35. The van der Waals surface area contributed by atoms with Crippen LogP contribution in [0.25, 0.3) is 0 Å². The van der Waals surface area contributed by atoms with Crippen LogP contribution in [-0.4, -0.2) is 41.5 Å². The normalized spacial score (nSPS) is 24.9. The first-order valence-electron chi connectivity index (χ1n) is 8.60. The average Bonchev–Trinajstić information content (AvgIpc) is 2.63. The molecule has 1 unspecified atom stereocenters. The zero-order valence-corrected chi connectivity index (χ0v) is 15.4. The monoisotopic (exact) mass is 373 g/mol. The van der Waals surface area contributed by atoms with E-state index in [1.54, 1.807) is 12.3 Å². The van der Waals surface area contributed by atoms with Crippen molar-refractivity contribution in [1.29, 1.82) is 0 Å². The Morgan fingerprint density at radius 1 is 1.20 bits per heavy atom. The molecule has 1 amide bonds. The largest absolute Gasteiger partial charge is 0.348 e. The Morgan fingerprint density at radius 3 is 2.60 bits per heavy atom. The number of carbonyl (C=O) groups is 1. The number of nitrogens with one attached hydrogen (secondary N) is 1. The summed E-state index contributed by atoms with van der Waals surface area (Å²) in [5, 5.41) is 4.74. The molecule has 6 heteroatoms. The molecule has 2 aromatic rings. The van der Waals surface area contributed by atoms with Gasteiger partial charge in [-0.1, -0.05) is 23.4 Å². The maximum atomic E-state index is 12.5. The number of rotatable bonds is 4. The minimum atomic E-state index is 0.0242. The van der Waals surface area contributed by atoms with Crippen LogP contribution in [-0.2, 0) is 0 Å². The van der Waals surface area contributed by atoms with E-state index < -0.39 is 0 Å². The highest BCUT2D eigenvalue weighted by Crippen LogP contribution is 2.29. The molecule has 0 radical (unpaired) electrons. The van der Waals surface area contributed by atoms with Crippen LogP contribution in [0, 0.1) is 5.92 Å². The summed E-state index contributed by atoms with van der Waals surface area (Å²) in [4.78, 5) is 20.3. The Hall–Kier alpha value is -1.56. The first-order chi connectivity index (χ1) is 12.2. The molecule has 1 N–H and O–H groups in total. The van der Waals surface area contributed by atoms with Crippen molar-refractivity contribution in [2.45, 2.75) is 28.8 Å². The summed E-state index contributed by atoms with van der Waals surface area (Å²) in [6, 6.07) is 11.6. The summed E-state index contributed by atoms with van der Waals surface area (Å²) in [7, 11) is 0. The highest BCUT2D eigenvalue weighted by molar-refractivity contribution is 7.99. The van der Waals surface area contributed by atoms with Crippen LogP contribution in [0.15, 0.2) is 52.5 Å². The zero-order valence-electron chi connectivity index (χ0n) is 13.8. The number of carbonyl (C=O) groups excluding carboxylic acids is 1. The number of hydrogen-bond acceptors (Lipinski definition) is 4. The highest BCUT2D eigenvalue weighted by Gasteiger charge is 2.34. The summed E-state index contributed by atoms with van der Waals surface area (Å²) in [6.07, 6.45) is 4.10. The van der Waals surface area contributed by atoms with Gasteiger partial charge in [0.05, 0.1) is 0 Å². The number of fused-ring (bicyclic) bond motifs is 3. The Balaban J connectivity index is 1.39. The molecule has 25 heavy (non-hydrogen) atoms. The fourth-order valence-electron chi connectivity index (χ4n) is 3.62. The van der Waals surface area contributed by atoms with Crippen molar-refractivity contribution >= 4 is 29.3 Å². The fourth-order valence-corrected chi connectivity index (χ4v) is 4.65. The van der Waals surface area contributed by atoms with Crippen LogP contribution < -0.4 is 5.32 Å². The second-order valence-electron chi connectivity index (χ2n) is 6.66. The zero-order chi connectivity index (χ0) is 17.2. The van der Waals surface area contributed by atoms with Crippen LogP contribution in [0.5, 0.6) is 0 Å². The van der Waals surface area contributed by atoms with E-state index in [0.29, 0.717) is 22.5 Å². The van der Waals surface area contributed by atoms with Gasteiger partial charge in [-0.05, 0) is 68.2 Å². The summed E-state index contributed by atoms with van der Waals surface area (Å²) >= 11 is 7.52. The van der Waals surface area contributed by atoms with Crippen molar-refractivity contribution in [3.05, 3.63) is 53.2 Å². The smallest absolute Gasteiger partial charge is 0.251 e. The predicted molar refractivity (Wildman–Crippen MR) is 100 cm³/mol. The quantitative estimate of drug-likeness (QED) is 0.887. The number of piperidine rings is 3. The number of halogens is 1. The van der Waals surface area contributed by atoms with E-state index in [4.69, 9.17) is 11.6 Å². The van der Waals surface area contributed by atoms with Gasteiger partial charge in [-0.25, -0.2) is 4.98 Å². The van der Waals surface area contributed by atoms with Gasteiger partial charge in [0.2, 0.25) is 0 Å². The molecule has 2 bridgehead atoms. The van der Waals surface area contributed by atoms with Gasteiger partial charge >= 0.3 is 0 Å². The van der Waals surface area contributed by atoms with Gasteiger partial charge in [-0.15, -0.1) is 0 Å². The molecule has 0 saturated carbocycles. The van der Waals surface area contributed by atoms with Gasteiger partial charge in [0.25, 0.3) is 5.91 Å². The van der Waals surface area contributed by atoms with Gasteiger partial charge in [0.1, 0.15) is 5.03 Å². The third kappa shape index (κ3) is 4.00. The number of benzene rings is 1. The van der Waals surface area contributed by atoms with Crippen molar-refractivity contribution < 1.29 is 4.79 Å². The van der Waals surface area contributed by atoms with E-state index in [9.17, 15) is 4.79 Å². The minimum absolute atomic E-state index is 0.0242. The molecule has 3 aliphatic rings. The second-order valence-corrected chi connectivity index (χ2v) is 8.19. The molecule has 4 heterocycles. The highest BCUT2D eigenvalue weighted by atomic mass is 35.5. The molecule has 0 spiro atoms. The van der Waals surface area contributed by atoms with Crippen molar-refractivity contribution in [3.63, 3.8) is 0 Å².